The molecule has 0 unspecified atom stereocenters. The number of nitrogens with zero attached hydrogens (tertiary/aromatic N) is 1. The molecule has 0 heterocycles. The normalized spacial score (nSPS) is 12.6. The van der Waals surface area contributed by atoms with Gasteiger partial charge in [-0.05, 0) is 45.3 Å². The third-order valence-corrected chi connectivity index (χ3v) is 2.34. The second kappa shape index (κ2) is 5.58. The summed E-state index contributed by atoms with van der Waals surface area (Å²) in [5.41, 5.74) is 2.37. The van der Waals surface area contributed by atoms with Crippen LogP contribution in [-0.4, -0.2) is 31.6 Å². The molecule has 0 saturated carbocycles. The molecule has 84 valence electrons. The standard InChI is InChI=1S/C11H17N2O2/c1-9(13(2)3)8-15-11-6-4-10(12-14)5-7-11/h4-7,9,12H,8H2,1-3H3/q-1/t9-/m1/s1. The van der Waals surface area contributed by atoms with Crippen molar-refractivity contribution in [3.63, 3.8) is 0 Å². The van der Waals surface area contributed by atoms with Crippen molar-refractivity contribution < 1.29 is 4.74 Å². The predicted octanol–water partition coefficient (Wildman–Crippen LogP) is 1.93. The van der Waals surface area contributed by atoms with Crippen LogP contribution in [0.4, 0.5) is 5.69 Å². The van der Waals surface area contributed by atoms with Gasteiger partial charge in [-0.15, -0.1) is 0 Å². The molecular weight excluding hydrogens is 192 g/mol. The van der Waals surface area contributed by atoms with E-state index in [1.165, 1.54) is 0 Å². The van der Waals surface area contributed by atoms with Crippen molar-refractivity contribution in [2.45, 2.75) is 13.0 Å². The summed E-state index contributed by atoms with van der Waals surface area (Å²) in [6.07, 6.45) is 0. The zero-order chi connectivity index (χ0) is 11.3. The van der Waals surface area contributed by atoms with E-state index in [0.29, 0.717) is 18.3 Å². The average Bonchev–Trinajstić information content (AvgIpc) is 2.26. The number of hydrogen-bond acceptors (Lipinski definition) is 4. The molecule has 1 N–H and O–H groups in total. The Morgan fingerprint density at radius 1 is 1.33 bits per heavy atom. The van der Waals surface area contributed by atoms with Gasteiger partial charge in [0.1, 0.15) is 12.4 Å². The van der Waals surface area contributed by atoms with Gasteiger partial charge in [-0.1, -0.05) is 0 Å². The molecule has 1 aromatic carbocycles. The minimum Gasteiger partial charge on any atom is -0.761 e. The summed E-state index contributed by atoms with van der Waals surface area (Å²) in [5.74, 6) is 0.780. The topological polar surface area (TPSA) is 47.6 Å². The van der Waals surface area contributed by atoms with Crippen molar-refractivity contribution in [1.82, 2.24) is 4.90 Å². The van der Waals surface area contributed by atoms with E-state index in [1.54, 1.807) is 24.3 Å². The lowest BCUT2D eigenvalue weighted by molar-refractivity contribution is 0.198. The number of rotatable bonds is 5. The zero-order valence-electron chi connectivity index (χ0n) is 9.36. The lowest BCUT2D eigenvalue weighted by Crippen LogP contribution is -2.30. The Hall–Kier alpha value is -1.26. The van der Waals surface area contributed by atoms with E-state index in [-0.39, 0.29) is 0 Å². The van der Waals surface area contributed by atoms with Gasteiger partial charge in [0, 0.05) is 11.7 Å². The highest BCUT2D eigenvalue weighted by atomic mass is 16.5. The molecule has 0 spiro atoms. The summed E-state index contributed by atoms with van der Waals surface area (Å²) in [7, 11) is 4.02. The molecule has 15 heavy (non-hydrogen) atoms. The van der Waals surface area contributed by atoms with Crippen molar-refractivity contribution in [3.8, 4) is 5.75 Å². The number of ether oxygens (including phenoxy) is 1. The SMILES string of the molecule is C[C@H](COc1ccc(N[O-])cc1)N(C)C. The first-order chi connectivity index (χ1) is 7.13. The van der Waals surface area contributed by atoms with E-state index in [9.17, 15) is 5.21 Å². The van der Waals surface area contributed by atoms with Crippen LogP contribution in [0, 0.1) is 5.21 Å². The first-order valence-electron chi connectivity index (χ1n) is 4.91. The molecule has 0 radical (unpaired) electrons. The fraction of sp³-hybridized carbons (Fsp3) is 0.455. The largest absolute Gasteiger partial charge is 0.761 e. The Labute approximate surface area is 90.4 Å². The summed E-state index contributed by atoms with van der Waals surface area (Å²) in [4.78, 5) is 2.09. The van der Waals surface area contributed by atoms with E-state index >= 15 is 0 Å². The smallest absolute Gasteiger partial charge is 0.119 e. The van der Waals surface area contributed by atoms with Crippen LogP contribution in [0.1, 0.15) is 6.92 Å². The molecule has 0 aliphatic carbocycles. The fourth-order valence-corrected chi connectivity index (χ4v) is 0.985. The zero-order valence-corrected chi connectivity index (χ0v) is 9.36. The molecule has 1 rings (SSSR count). The molecular formula is C11H17N2O2-. The van der Waals surface area contributed by atoms with Gasteiger partial charge in [-0.25, -0.2) is 0 Å². The Morgan fingerprint density at radius 3 is 2.40 bits per heavy atom. The fourth-order valence-electron chi connectivity index (χ4n) is 0.985. The van der Waals surface area contributed by atoms with Crippen molar-refractivity contribution in [1.29, 1.82) is 0 Å². The van der Waals surface area contributed by atoms with Gasteiger partial charge in [-0.3, -0.25) is 0 Å². The second-order valence-corrected chi connectivity index (χ2v) is 3.75. The van der Waals surface area contributed by atoms with Gasteiger partial charge in [0.2, 0.25) is 0 Å². The van der Waals surface area contributed by atoms with E-state index in [0.717, 1.165) is 5.75 Å². The molecule has 0 aliphatic rings. The third kappa shape index (κ3) is 3.77. The van der Waals surface area contributed by atoms with Crippen molar-refractivity contribution in [2.24, 2.45) is 0 Å². The van der Waals surface area contributed by atoms with Crippen LogP contribution in [0.15, 0.2) is 24.3 Å². The number of hydrogen-bond donors (Lipinski definition) is 1. The molecule has 0 aromatic heterocycles. The molecule has 0 bridgehead atoms. The van der Waals surface area contributed by atoms with Crippen LogP contribution in [0.3, 0.4) is 0 Å². The number of benzene rings is 1. The summed E-state index contributed by atoms with van der Waals surface area (Å²) in [6.45, 7) is 2.73. The molecule has 0 saturated heterocycles. The lowest BCUT2D eigenvalue weighted by atomic mass is 10.3. The van der Waals surface area contributed by atoms with Gasteiger partial charge in [0.25, 0.3) is 0 Å². The maximum absolute atomic E-state index is 10.3. The Morgan fingerprint density at radius 2 is 1.93 bits per heavy atom. The highest BCUT2D eigenvalue weighted by Crippen LogP contribution is 2.15. The van der Waals surface area contributed by atoms with E-state index < -0.39 is 0 Å². The Bertz CT molecular complexity index is 285. The monoisotopic (exact) mass is 209 g/mol. The Kier molecular flexibility index (Phi) is 4.39. The van der Waals surface area contributed by atoms with E-state index in [1.807, 2.05) is 19.6 Å². The van der Waals surface area contributed by atoms with Crippen LogP contribution in [0.25, 0.3) is 0 Å². The van der Waals surface area contributed by atoms with Crippen LogP contribution in [-0.2, 0) is 0 Å². The minimum absolute atomic E-state index is 0.363. The van der Waals surface area contributed by atoms with Gasteiger partial charge in [0.05, 0.1) is 0 Å². The van der Waals surface area contributed by atoms with Gasteiger partial charge >= 0.3 is 0 Å². The maximum atomic E-state index is 10.3. The van der Waals surface area contributed by atoms with Gasteiger partial charge < -0.3 is 20.3 Å². The van der Waals surface area contributed by atoms with Crippen molar-refractivity contribution in [3.05, 3.63) is 29.5 Å². The van der Waals surface area contributed by atoms with Gasteiger partial charge in [-0.2, -0.15) is 0 Å². The first kappa shape index (κ1) is 11.8. The van der Waals surface area contributed by atoms with Crippen LogP contribution in [0.2, 0.25) is 0 Å². The quantitative estimate of drug-likeness (QED) is 0.753. The van der Waals surface area contributed by atoms with Crippen LogP contribution in [0.5, 0.6) is 5.75 Å². The summed E-state index contributed by atoms with van der Waals surface area (Å²) in [6, 6.07) is 7.32. The van der Waals surface area contributed by atoms with Gasteiger partial charge in [0.15, 0.2) is 0 Å². The second-order valence-electron chi connectivity index (χ2n) is 3.75. The third-order valence-electron chi connectivity index (χ3n) is 2.34. The highest BCUT2D eigenvalue weighted by Gasteiger charge is 2.04. The molecule has 0 amide bonds. The van der Waals surface area contributed by atoms with Crippen LogP contribution >= 0.6 is 0 Å². The van der Waals surface area contributed by atoms with E-state index in [2.05, 4.69) is 11.8 Å². The van der Waals surface area contributed by atoms with E-state index in [4.69, 9.17) is 4.74 Å². The number of likely N-dealkylation sites (N-methyl/N-ethyl adjacent to an activating group) is 1. The summed E-state index contributed by atoms with van der Waals surface area (Å²) < 4.78 is 5.56. The highest BCUT2D eigenvalue weighted by molar-refractivity contribution is 5.46. The number of nitrogens with one attached hydrogen (secondary N) is 1. The van der Waals surface area contributed by atoms with Crippen LogP contribution < -0.4 is 10.2 Å². The molecule has 0 aliphatic heterocycles. The number of anilines is 1. The molecule has 4 nitrogen and oxygen atoms in total. The van der Waals surface area contributed by atoms with Crippen molar-refractivity contribution >= 4 is 5.69 Å². The summed E-state index contributed by atoms with van der Waals surface area (Å²) >= 11 is 0. The predicted molar refractivity (Wildman–Crippen MR) is 62.1 cm³/mol. The molecule has 1 atom stereocenters. The van der Waals surface area contributed by atoms with Crippen molar-refractivity contribution in [2.75, 3.05) is 26.2 Å². The first-order valence-corrected chi connectivity index (χ1v) is 4.91. The average molecular weight is 209 g/mol. The lowest BCUT2D eigenvalue weighted by Gasteiger charge is -2.20. The summed E-state index contributed by atoms with van der Waals surface area (Å²) in [5, 5.41) is 10.3. The maximum Gasteiger partial charge on any atom is 0.119 e. The molecule has 4 heteroatoms. The molecule has 0 fully saturated rings. The Balaban J connectivity index is 2.44. The molecule has 1 aromatic rings. The minimum atomic E-state index is 0.363.